The molecular formula is C10H14O3. The highest BCUT2D eigenvalue weighted by Gasteiger charge is 2.34. The van der Waals surface area contributed by atoms with Crippen LogP contribution >= 0.6 is 0 Å². The standard InChI is InChI=1S/C10H14O3/c1-3-6(2)9-7(10(12)13)4-5-8(9)11/h7H,3-5H2,1-2H3,(H,12,13)/b9-6+. The van der Waals surface area contributed by atoms with Crippen molar-refractivity contribution in [2.24, 2.45) is 5.92 Å². The summed E-state index contributed by atoms with van der Waals surface area (Å²) in [6.07, 6.45) is 1.62. The minimum absolute atomic E-state index is 0.0201. The number of aliphatic carboxylic acids is 1. The Labute approximate surface area is 77.4 Å². The summed E-state index contributed by atoms with van der Waals surface area (Å²) in [4.78, 5) is 22.2. The van der Waals surface area contributed by atoms with Crippen LogP contribution in [0.2, 0.25) is 0 Å². The predicted molar refractivity (Wildman–Crippen MR) is 48.4 cm³/mol. The van der Waals surface area contributed by atoms with Crippen molar-refractivity contribution in [2.45, 2.75) is 33.1 Å². The highest BCUT2D eigenvalue weighted by molar-refractivity contribution is 6.03. The van der Waals surface area contributed by atoms with Crippen LogP contribution in [0.15, 0.2) is 11.1 Å². The molecular weight excluding hydrogens is 168 g/mol. The number of ketones is 1. The zero-order chi connectivity index (χ0) is 10.0. The summed E-state index contributed by atoms with van der Waals surface area (Å²) in [6, 6.07) is 0. The van der Waals surface area contributed by atoms with Gasteiger partial charge in [-0.2, -0.15) is 0 Å². The van der Waals surface area contributed by atoms with Crippen molar-refractivity contribution in [1.82, 2.24) is 0 Å². The molecule has 0 radical (unpaired) electrons. The van der Waals surface area contributed by atoms with Gasteiger partial charge in [0, 0.05) is 12.0 Å². The number of rotatable bonds is 2. The number of carboxylic acids is 1. The first-order valence-electron chi connectivity index (χ1n) is 4.53. The topological polar surface area (TPSA) is 54.4 Å². The zero-order valence-electron chi connectivity index (χ0n) is 7.96. The molecule has 0 aromatic carbocycles. The van der Waals surface area contributed by atoms with E-state index in [1.54, 1.807) is 0 Å². The van der Waals surface area contributed by atoms with Gasteiger partial charge in [-0.1, -0.05) is 12.5 Å². The van der Waals surface area contributed by atoms with Crippen molar-refractivity contribution < 1.29 is 14.7 Å². The van der Waals surface area contributed by atoms with E-state index >= 15 is 0 Å². The fourth-order valence-electron chi connectivity index (χ4n) is 1.72. The first-order chi connectivity index (χ1) is 6.07. The Morgan fingerprint density at radius 3 is 2.69 bits per heavy atom. The van der Waals surface area contributed by atoms with Crippen molar-refractivity contribution in [3.63, 3.8) is 0 Å². The lowest BCUT2D eigenvalue weighted by atomic mass is 9.96. The second kappa shape index (κ2) is 3.73. The normalized spacial score (nSPS) is 26.3. The number of carbonyl (C=O) groups is 2. The molecule has 0 aromatic rings. The summed E-state index contributed by atoms with van der Waals surface area (Å²) in [7, 11) is 0. The van der Waals surface area contributed by atoms with Crippen LogP contribution in [0.25, 0.3) is 0 Å². The van der Waals surface area contributed by atoms with Gasteiger partial charge in [0.25, 0.3) is 0 Å². The van der Waals surface area contributed by atoms with Crippen LogP contribution in [-0.2, 0) is 9.59 Å². The molecule has 1 unspecified atom stereocenters. The molecule has 1 fully saturated rings. The maximum Gasteiger partial charge on any atom is 0.311 e. The van der Waals surface area contributed by atoms with E-state index in [0.29, 0.717) is 18.4 Å². The summed E-state index contributed by atoms with van der Waals surface area (Å²) >= 11 is 0. The maximum absolute atomic E-state index is 11.4. The molecule has 3 heteroatoms. The fraction of sp³-hybridized carbons (Fsp3) is 0.600. The van der Waals surface area contributed by atoms with Gasteiger partial charge in [-0.15, -0.1) is 0 Å². The molecule has 1 aliphatic rings. The Bertz CT molecular complexity index is 276. The lowest BCUT2D eigenvalue weighted by Crippen LogP contribution is -2.14. The SMILES string of the molecule is CC/C(C)=C1/C(=O)CCC1C(=O)O. The van der Waals surface area contributed by atoms with Crippen LogP contribution < -0.4 is 0 Å². The van der Waals surface area contributed by atoms with Gasteiger partial charge in [0.2, 0.25) is 0 Å². The molecule has 0 saturated heterocycles. The van der Waals surface area contributed by atoms with E-state index in [9.17, 15) is 9.59 Å². The van der Waals surface area contributed by atoms with Gasteiger partial charge in [0.05, 0.1) is 5.92 Å². The molecule has 0 aliphatic heterocycles. The molecule has 1 aliphatic carbocycles. The molecule has 0 heterocycles. The van der Waals surface area contributed by atoms with Crippen LogP contribution in [0.3, 0.4) is 0 Å². The quantitative estimate of drug-likeness (QED) is 0.662. The van der Waals surface area contributed by atoms with Gasteiger partial charge >= 0.3 is 5.97 Å². The number of allylic oxidation sites excluding steroid dienone is 1. The summed E-state index contributed by atoms with van der Waals surface area (Å²) in [6.45, 7) is 3.78. The highest BCUT2D eigenvalue weighted by Crippen LogP contribution is 2.31. The third-order valence-corrected chi connectivity index (χ3v) is 2.60. The second-order valence-corrected chi connectivity index (χ2v) is 3.40. The Morgan fingerprint density at radius 2 is 2.23 bits per heavy atom. The molecule has 1 N–H and O–H groups in total. The fourth-order valence-corrected chi connectivity index (χ4v) is 1.72. The first-order valence-corrected chi connectivity index (χ1v) is 4.53. The van der Waals surface area contributed by atoms with E-state index in [4.69, 9.17) is 5.11 Å². The molecule has 1 rings (SSSR count). The first kappa shape index (κ1) is 9.96. The van der Waals surface area contributed by atoms with Gasteiger partial charge in [-0.3, -0.25) is 9.59 Å². The largest absolute Gasteiger partial charge is 0.481 e. The summed E-state index contributed by atoms with van der Waals surface area (Å²) in [5, 5.41) is 8.86. The summed E-state index contributed by atoms with van der Waals surface area (Å²) in [5.41, 5.74) is 1.48. The van der Waals surface area contributed by atoms with Gasteiger partial charge in [0.1, 0.15) is 0 Å². The van der Waals surface area contributed by atoms with E-state index in [-0.39, 0.29) is 5.78 Å². The van der Waals surface area contributed by atoms with Crippen molar-refractivity contribution in [1.29, 1.82) is 0 Å². The molecule has 0 amide bonds. The molecule has 0 bridgehead atoms. The van der Waals surface area contributed by atoms with E-state index in [2.05, 4.69) is 0 Å². The van der Waals surface area contributed by atoms with Crippen LogP contribution in [0, 0.1) is 5.92 Å². The third kappa shape index (κ3) is 1.79. The van der Waals surface area contributed by atoms with Crippen molar-refractivity contribution in [3.8, 4) is 0 Å². The average molecular weight is 182 g/mol. The molecule has 0 spiro atoms. The van der Waals surface area contributed by atoms with Crippen molar-refractivity contribution in [2.75, 3.05) is 0 Å². The van der Waals surface area contributed by atoms with Gasteiger partial charge < -0.3 is 5.11 Å². The highest BCUT2D eigenvalue weighted by atomic mass is 16.4. The van der Waals surface area contributed by atoms with Crippen molar-refractivity contribution >= 4 is 11.8 Å². The number of carboxylic acid groups (broad SMARTS) is 1. The van der Waals surface area contributed by atoms with Gasteiger partial charge in [0.15, 0.2) is 5.78 Å². The second-order valence-electron chi connectivity index (χ2n) is 3.40. The number of Topliss-reactive ketones (excluding diaryl/α,β-unsaturated/α-hetero) is 1. The summed E-state index contributed by atoms with van der Waals surface area (Å²) < 4.78 is 0. The Morgan fingerprint density at radius 1 is 1.62 bits per heavy atom. The Kier molecular flexibility index (Phi) is 2.86. The maximum atomic E-state index is 11.4. The predicted octanol–water partition coefficient (Wildman–Crippen LogP) is 1.78. The smallest absolute Gasteiger partial charge is 0.311 e. The van der Waals surface area contributed by atoms with Crippen LogP contribution in [-0.4, -0.2) is 16.9 Å². The molecule has 0 aromatic heterocycles. The third-order valence-electron chi connectivity index (χ3n) is 2.60. The molecule has 1 saturated carbocycles. The molecule has 72 valence electrons. The van der Waals surface area contributed by atoms with Crippen molar-refractivity contribution in [3.05, 3.63) is 11.1 Å². The lowest BCUT2D eigenvalue weighted by Gasteiger charge is -2.08. The Balaban J connectivity index is 3.03. The summed E-state index contributed by atoms with van der Waals surface area (Å²) in [5.74, 6) is -1.40. The van der Waals surface area contributed by atoms with E-state index in [0.717, 1.165) is 12.0 Å². The number of hydrogen-bond acceptors (Lipinski definition) is 2. The number of carbonyl (C=O) groups excluding carboxylic acids is 1. The zero-order valence-corrected chi connectivity index (χ0v) is 7.96. The molecule has 3 nitrogen and oxygen atoms in total. The Hall–Kier alpha value is -1.12. The van der Waals surface area contributed by atoms with E-state index < -0.39 is 11.9 Å². The monoisotopic (exact) mass is 182 g/mol. The minimum Gasteiger partial charge on any atom is -0.481 e. The number of hydrogen-bond donors (Lipinski definition) is 1. The molecule has 13 heavy (non-hydrogen) atoms. The van der Waals surface area contributed by atoms with Crippen LogP contribution in [0.1, 0.15) is 33.1 Å². The average Bonchev–Trinajstić information content (AvgIpc) is 2.46. The minimum atomic E-state index is -0.867. The van der Waals surface area contributed by atoms with Gasteiger partial charge in [-0.25, -0.2) is 0 Å². The van der Waals surface area contributed by atoms with Crippen LogP contribution in [0.4, 0.5) is 0 Å². The lowest BCUT2D eigenvalue weighted by molar-refractivity contribution is -0.140. The molecule has 1 atom stereocenters. The van der Waals surface area contributed by atoms with E-state index in [1.165, 1.54) is 0 Å². The van der Waals surface area contributed by atoms with Gasteiger partial charge in [-0.05, 0) is 19.8 Å². The van der Waals surface area contributed by atoms with Crippen LogP contribution in [0.5, 0.6) is 0 Å². The van der Waals surface area contributed by atoms with E-state index in [1.807, 2.05) is 13.8 Å².